The third-order valence-electron chi connectivity index (χ3n) is 4.62. The lowest BCUT2D eigenvalue weighted by Gasteiger charge is -2.37. The summed E-state index contributed by atoms with van der Waals surface area (Å²) in [5.74, 6) is -0.670. The van der Waals surface area contributed by atoms with Gasteiger partial charge in [0.2, 0.25) is 5.95 Å². The molecule has 0 amide bonds. The van der Waals surface area contributed by atoms with E-state index in [9.17, 15) is 14.3 Å². The van der Waals surface area contributed by atoms with Crippen LogP contribution in [0.25, 0.3) is 20.5 Å². The van der Waals surface area contributed by atoms with Crippen molar-refractivity contribution in [2.24, 2.45) is 5.92 Å². The molecule has 1 aliphatic heterocycles. The van der Waals surface area contributed by atoms with Gasteiger partial charge in [0.1, 0.15) is 10.3 Å². The van der Waals surface area contributed by atoms with E-state index in [1.54, 1.807) is 6.07 Å². The zero-order valence-electron chi connectivity index (χ0n) is 13.1. The third-order valence-corrected chi connectivity index (χ3v) is 5.79. The topological polar surface area (TPSA) is 91.0 Å². The maximum Gasteiger partial charge on any atom is 0.266 e. The summed E-state index contributed by atoms with van der Waals surface area (Å²) in [5, 5.41) is 17.6. The first-order valence-electron chi connectivity index (χ1n) is 7.60. The number of H-pyrrole nitrogens is 2. The lowest BCUT2D eigenvalue weighted by atomic mass is 9.83. The van der Waals surface area contributed by atoms with Crippen molar-refractivity contribution in [3.05, 3.63) is 39.8 Å². The molecule has 0 bridgehead atoms. The Morgan fingerprint density at radius 3 is 2.96 bits per heavy atom. The van der Waals surface area contributed by atoms with Crippen LogP contribution in [-0.2, 0) is 16.9 Å². The van der Waals surface area contributed by atoms with Gasteiger partial charge in [-0.25, -0.2) is 0 Å². The van der Waals surface area contributed by atoms with Crippen molar-refractivity contribution in [3.8, 4) is 10.4 Å². The number of aromatic nitrogens is 3. The lowest BCUT2D eigenvalue weighted by molar-refractivity contribution is -0.104. The fourth-order valence-electron chi connectivity index (χ4n) is 3.09. The summed E-state index contributed by atoms with van der Waals surface area (Å²) in [5.41, 5.74) is 0.0333. The van der Waals surface area contributed by atoms with E-state index in [0.29, 0.717) is 32.8 Å². The number of hydrogen-bond donors (Lipinski definition) is 3. The van der Waals surface area contributed by atoms with E-state index in [1.165, 1.54) is 17.5 Å². The predicted octanol–water partition coefficient (Wildman–Crippen LogP) is 2.49. The minimum atomic E-state index is -1.25. The average molecular weight is 349 g/mol. The standard InChI is InChI=1S/C16H16FN3O3S/c1-7(2)16(22)6-23-5-10-8-3-11(9-4-18-20-14(9)17)24-12(8)15(21)19-13(10)16/h3-4,7,22H,5-6H2,1-2H3,(H,18,20)(H,19,21). The molecule has 4 rings (SSSR count). The van der Waals surface area contributed by atoms with Crippen LogP contribution in [0.5, 0.6) is 0 Å². The number of nitrogens with one attached hydrogen (secondary N) is 2. The van der Waals surface area contributed by atoms with E-state index >= 15 is 0 Å². The Morgan fingerprint density at radius 1 is 1.50 bits per heavy atom. The van der Waals surface area contributed by atoms with Crippen LogP contribution in [0.2, 0.25) is 0 Å². The molecule has 1 unspecified atom stereocenters. The second-order valence-electron chi connectivity index (χ2n) is 6.33. The highest BCUT2D eigenvalue weighted by atomic mass is 32.1. The fourth-order valence-corrected chi connectivity index (χ4v) is 4.18. The number of rotatable bonds is 2. The van der Waals surface area contributed by atoms with Crippen LogP contribution in [0.3, 0.4) is 0 Å². The predicted molar refractivity (Wildman–Crippen MR) is 88.4 cm³/mol. The number of hydrogen-bond acceptors (Lipinski definition) is 5. The summed E-state index contributed by atoms with van der Waals surface area (Å²) in [6.07, 6.45) is 1.39. The van der Waals surface area contributed by atoms with Crippen molar-refractivity contribution in [3.63, 3.8) is 0 Å². The van der Waals surface area contributed by atoms with Gasteiger partial charge in [-0.1, -0.05) is 13.8 Å². The minimum Gasteiger partial charge on any atom is -0.381 e. The van der Waals surface area contributed by atoms with Crippen LogP contribution in [0, 0.1) is 11.9 Å². The van der Waals surface area contributed by atoms with Gasteiger partial charge in [0.25, 0.3) is 5.56 Å². The van der Waals surface area contributed by atoms with Crippen LogP contribution in [0.4, 0.5) is 4.39 Å². The molecule has 3 aromatic rings. The number of aliphatic hydroxyl groups is 1. The van der Waals surface area contributed by atoms with E-state index < -0.39 is 11.5 Å². The molecule has 24 heavy (non-hydrogen) atoms. The third kappa shape index (κ3) is 2.07. The first-order chi connectivity index (χ1) is 11.4. The van der Waals surface area contributed by atoms with Gasteiger partial charge in [0.05, 0.1) is 30.7 Å². The molecule has 0 saturated heterocycles. The van der Waals surface area contributed by atoms with Gasteiger partial charge in [0, 0.05) is 15.8 Å². The largest absolute Gasteiger partial charge is 0.381 e. The monoisotopic (exact) mass is 349 g/mol. The summed E-state index contributed by atoms with van der Waals surface area (Å²) >= 11 is 1.20. The quantitative estimate of drug-likeness (QED) is 0.663. The van der Waals surface area contributed by atoms with Crippen LogP contribution in [0.1, 0.15) is 25.1 Å². The van der Waals surface area contributed by atoms with Crippen molar-refractivity contribution >= 4 is 21.4 Å². The molecular weight excluding hydrogens is 333 g/mol. The van der Waals surface area contributed by atoms with Crippen LogP contribution in [0.15, 0.2) is 17.1 Å². The molecule has 6 nitrogen and oxygen atoms in total. The minimum absolute atomic E-state index is 0.130. The molecule has 3 aromatic heterocycles. The van der Waals surface area contributed by atoms with Gasteiger partial charge in [-0.2, -0.15) is 9.49 Å². The van der Waals surface area contributed by atoms with Gasteiger partial charge in [-0.15, -0.1) is 11.3 Å². The second-order valence-corrected chi connectivity index (χ2v) is 7.38. The molecule has 4 heterocycles. The molecule has 126 valence electrons. The zero-order chi connectivity index (χ0) is 17.1. The van der Waals surface area contributed by atoms with E-state index in [0.717, 1.165) is 5.56 Å². The zero-order valence-corrected chi connectivity index (χ0v) is 14.0. The highest BCUT2D eigenvalue weighted by molar-refractivity contribution is 7.22. The number of thiophene rings is 1. The maximum absolute atomic E-state index is 13.8. The van der Waals surface area contributed by atoms with Crippen LogP contribution >= 0.6 is 11.3 Å². The molecule has 1 atom stereocenters. The normalized spacial score (nSPS) is 20.7. The van der Waals surface area contributed by atoms with E-state index in [2.05, 4.69) is 15.2 Å². The molecule has 0 spiro atoms. The number of pyridine rings is 1. The molecule has 3 N–H and O–H groups in total. The SMILES string of the molecule is CC(C)C1(O)COCc2c1[nH]c(=O)c1sc(-c3cn[nH]c3F)cc21. The van der Waals surface area contributed by atoms with Crippen molar-refractivity contribution in [1.29, 1.82) is 0 Å². The molecule has 0 fully saturated rings. The Kier molecular flexibility index (Phi) is 3.38. The molecule has 8 heteroatoms. The maximum atomic E-state index is 13.8. The molecule has 0 radical (unpaired) electrons. The van der Waals surface area contributed by atoms with E-state index in [1.807, 2.05) is 13.8 Å². The van der Waals surface area contributed by atoms with Crippen molar-refractivity contribution in [2.45, 2.75) is 26.1 Å². The van der Waals surface area contributed by atoms with Crippen LogP contribution in [-0.4, -0.2) is 26.9 Å². The number of aromatic amines is 2. The molecule has 0 aliphatic carbocycles. The van der Waals surface area contributed by atoms with Gasteiger partial charge in [0.15, 0.2) is 0 Å². The smallest absolute Gasteiger partial charge is 0.266 e. The number of fused-ring (bicyclic) bond motifs is 3. The van der Waals surface area contributed by atoms with Crippen molar-refractivity contribution in [2.75, 3.05) is 6.61 Å². The first kappa shape index (κ1) is 15.5. The van der Waals surface area contributed by atoms with Crippen molar-refractivity contribution in [1.82, 2.24) is 15.2 Å². The number of nitrogens with zero attached hydrogens (tertiary/aromatic N) is 1. The van der Waals surface area contributed by atoms with Gasteiger partial charge < -0.3 is 14.8 Å². The molecule has 0 saturated carbocycles. The lowest BCUT2D eigenvalue weighted by Crippen LogP contribution is -2.43. The van der Waals surface area contributed by atoms with E-state index in [-0.39, 0.29) is 18.1 Å². The van der Waals surface area contributed by atoms with Crippen molar-refractivity contribution < 1.29 is 14.2 Å². The van der Waals surface area contributed by atoms with Crippen LogP contribution < -0.4 is 5.56 Å². The summed E-state index contributed by atoms with van der Waals surface area (Å²) in [4.78, 5) is 15.9. The Morgan fingerprint density at radius 2 is 2.29 bits per heavy atom. The molecule has 0 aromatic carbocycles. The summed E-state index contributed by atoms with van der Waals surface area (Å²) < 4.78 is 19.8. The summed E-state index contributed by atoms with van der Waals surface area (Å²) in [6, 6.07) is 1.76. The summed E-state index contributed by atoms with van der Waals surface area (Å²) in [7, 11) is 0. The summed E-state index contributed by atoms with van der Waals surface area (Å²) in [6.45, 7) is 4.18. The number of halogens is 1. The number of ether oxygens (including phenoxy) is 1. The first-order valence-corrected chi connectivity index (χ1v) is 8.42. The second kappa shape index (κ2) is 5.23. The highest BCUT2D eigenvalue weighted by Gasteiger charge is 2.40. The Bertz CT molecular complexity index is 990. The van der Waals surface area contributed by atoms with E-state index in [4.69, 9.17) is 4.74 Å². The highest BCUT2D eigenvalue weighted by Crippen LogP contribution is 2.40. The Hall–Kier alpha value is -2.03. The van der Waals surface area contributed by atoms with Gasteiger partial charge in [-0.05, 0) is 12.0 Å². The fraction of sp³-hybridized carbons (Fsp3) is 0.375. The average Bonchev–Trinajstić information content (AvgIpc) is 3.15. The molecule has 1 aliphatic rings. The molecular formula is C16H16FN3O3S. The van der Waals surface area contributed by atoms with Gasteiger partial charge >= 0.3 is 0 Å². The Balaban J connectivity index is 2.00. The van der Waals surface area contributed by atoms with Gasteiger partial charge in [-0.3, -0.25) is 9.89 Å². The Labute approximate surface area is 140 Å².